The molecule has 0 radical (unpaired) electrons. The van der Waals surface area contributed by atoms with Crippen molar-refractivity contribution in [1.29, 1.82) is 0 Å². The molecule has 1 amide bonds. The summed E-state index contributed by atoms with van der Waals surface area (Å²) >= 11 is 0. The lowest BCUT2D eigenvalue weighted by atomic mass is 9.99. The summed E-state index contributed by atoms with van der Waals surface area (Å²) in [5, 5.41) is 6.02. The highest BCUT2D eigenvalue weighted by Crippen LogP contribution is 2.37. The number of furan rings is 1. The van der Waals surface area contributed by atoms with Crippen LogP contribution in [0.15, 0.2) is 95.6 Å². The second kappa shape index (κ2) is 9.39. The fourth-order valence-electron chi connectivity index (χ4n) is 4.30. The van der Waals surface area contributed by atoms with Crippen LogP contribution in [0, 0.1) is 0 Å². The molecule has 35 heavy (non-hydrogen) atoms. The van der Waals surface area contributed by atoms with Crippen LogP contribution < -0.4 is 14.8 Å². The summed E-state index contributed by atoms with van der Waals surface area (Å²) in [6.45, 7) is 1.90. The van der Waals surface area contributed by atoms with E-state index in [-0.39, 0.29) is 5.91 Å². The lowest BCUT2D eigenvalue weighted by Gasteiger charge is -2.11. The van der Waals surface area contributed by atoms with Crippen molar-refractivity contribution in [3.8, 4) is 22.6 Å². The Balaban J connectivity index is 1.50. The summed E-state index contributed by atoms with van der Waals surface area (Å²) in [7, 11) is 3.26. The van der Waals surface area contributed by atoms with Crippen LogP contribution in [0.3, 0.4) is 0 Å². The first-order chi connectivity index (χ1) is 17.1. The van der Waals surface area contributed by atoms with Crippen molar-refractivity contribution in [3.63, 3.8) is 0 Å². The quantitative estimate of drug-likeness (QED) is 0.268. The molecule has 5 aromatic rings. The van der Waals surface area contributed by atoms with Crippen molar-refractivity contribution in [2.24, 2.45) is 0 Å². The van der Waals surface area contributed by atoms with E-state index in [1.54, 1.807) is 26.6 Å². The lowest BCUT2D eigenvalue weighted by molar-refractivity contribution is -0.111. The maximum atomic E-state index is 12.9. The Kier molecular flexibility index (Phi) is 5.98. The average molecular weight is 464 g/mol. The van der Waals surface area contributed by atoms with Crippen LogP contribution in [0.1, 0.15) is 12.5 Å². The number of ether oxygens (including phenoxy) is 2. The third kappa shape index (κ3) is 4.36. The average Bonchev–Trinajstić information content (AvgIpc) is 3.31. The predicted octanol–water partition coefficient (Wildman–Crippen LogP) is 7.31. The third-order valence-electron chi connectivity index (χ3n) is 6.12. The molecule has 0 saturated heterocycles. The molecule has 0 spiro atoms. The zero-order valence-corrected chi connectivity index (χ0v) is 19.8. The highest BCUT2D eigenvalue weighted by atomic mass is 16.5. The highest BCUT2D eigenvalue weighted by molar-refractivity contribution is 6.09. The van der Waals surface area contributed by atoms with Crippen molar-refractivity contribution in [2.45, 2.75) is 6.92 Å². The number of amides is 1. The molecule has 0 aliphatic rings. The van der Waals surface area contributed by atoms with E-state index in [2.05, 4.69) is 5.32 Å². The molecular weight excluding hydrogens is 438 g/mol. The second-order valence-electron chi connectivity index (χ2n) is 8.27. The highest BCUT2D eigenvalue weighted by Gasteiger charge is 2.15. The molecule has 5 nitrogen and oxygen atoms in total. The Morgan fingerprint density at radius 2 is 1.66 bits per heavy atom. The van der Waals surface area contributed by atoms with E-state index < -0.39 is 0 Å². The van der Waals surface area contributed by atoms with Gasteiger partial charge in [0.15, 0.2) is 0 Å². The van der Waals surface area contributed by atoms with Crippen molar-refractivity contribution in [1.82, 2.24) is 0 Å². The standard InChI is InChI=1S/C30H25NO4/c1-19(15-30(32)31-27-10-6-8-20-7-4-5-9-23(20)27)24-16-25-26(18-35-29(25)17-28(24)34-3)21-11-13-22(33-2)14-12-21/h4-18H,1-3H3,(H,31,32)/b19-15+. The summed E-state index contributed by atoms with van der Waals surface area (Å²) in [5.41, 5.74) is 5.06. The summed E-state index contributed by atoms with van der Waals surface area (Å²) < 4.78 is 16.7. The largest absolute Gasteiger partial charge is 0.497 e. The van der Waals surface area contributed by atoms with Gasteiger partial charge in [-0.2, -0.15) is 0 Å². The SMILES string of the molecule is COc1ccc(-c2coc3cc(OC)c(/C(C)=C/C(=O)Nc4cccc5ccccc45)cc23)cc1. The van der Waals surface area contributed by atoms with E-state index in [1.807, 2.05) is 85.8 Å². The molecule has 0 aliphatic heterocycles. The van der Waals surface area contributed by atoms with Crippen LogP contribution in [0.5, 0.6) is 11.5 Å². The van der Waals surface area contributed by atoms with Gasteiger partial charge in [0.25, 0.3) is 0 Å². The number of nitrogens with one attached hydrogen (secondary N) is 1. The number of hydrogen-bond donors (Lipinski definition) is 1. The molecular formula is C30H25NO4. The van der Waals surface area contributed by atoms with Crippen molar-refractivity contribution in [3.05, 3.63) is 96.8 Å². The first-order valence-electron chi connectivity index (χ1n) is 11.3. The monoisotopic (exact) mass is 463 g/mol. The minimum atomic E-state index is -0.205. The summed E-state index contributed by atoms with van der Waals surface area (Å²) in [6.07, 6.45) is 3.33. The summed E-state index contributed by atoms with van der Waals surface area (Å²) in [6, 6.07) is 25.5. The van der Waals surface area contributed by atoms with Gasteiger partial charge >= 0.3 is 0 Å². The number of methoxy groups -OCH3 is 2. The van der Waals surface area contributed by atoms with E-state index in [0.717, 1.165) is 49.9 Å². The number of fused-ring (bicyclic) bond motifs is 2. The maximum absolute atomic E-state index is 12.9. The van der Waals surface area contributed by atoms with Gasteiger partial charge in [-0.05, 0) is 47.7 Å². The van der Waals surface area contributed by atoms with Crippen LogP contribution in [-0.2, 0) is 4.79 Å². The van der Waals surface area contributed by atoms with Crippen LogP contribution in [0.4, 0.5) is 5.69 Å². The van der Waals surface area contributed by atoms with Crippen molar-refractivity contribution >= 4 is 38.9 Å². The first kappa shape index (κ1) is 22.3. The van der Waals surface area contributed by atoms with E-state index >= 15 is 0 Å². The van der Waals surface area contributed by atoms with Gasteiger partial charge in [0.05, 0.1) is 20.5 Å². The fraction of sp³-hybridized carbons (Fsp3) is 0.100. The van der Waals surface area contributed by atoms with Crippen LogP contribution in [-0.4, -0.2) is 20.1 Å². The number of benzene rings is 4. The number of anilines is 1. The van der Waals surface area contributed by atoms with Gasteiger partial charge < -0.3 is 19.2 Å². The molecule has 5 rings (SSSR count). The minimum Gasteiger partial charge on any atom is -0.497 e. The fourth-order valence-corrected chi connectivity index (χ4v) is 4.30. The Morgan fingerprint density at radius 3 is 2.43 bits per heavy atom. The van der Waals surface area contributed by atoms with Crippen LogP contribution in [0.2, 0.25) is 0 Å². The Labute approximate surface area is 203 Å². The zero-order valence-electron chi connectivity index (χ0n) is 19.8. The van der Waals surface area contributed by atoms with Crippen LogP contribution in [0.25, 0.3) is 38.4 Å². The smallest absolute Gasteiger partial charge is 0.248 e. The zero-order chi connectivity index (χ0) is 24.4. The molecule has 1 heterocycles. The molecule has 5 heteroatoms. The second-order valence-corrected chi connectivity index (χ2v) is 8.27. The Hall–Kier alpha value is -4.51. The first-order valence-corrected chi connectivity index (χ1v) is 11.3. The molecule has 0 unspecified atom stereocenters. The van der Waals surface area contributed by atoms with Crippen molar-refractivity contribution in [2.75, 3.05) is 19.5 Å². The van der Waals surface area contributed by atoms with Crippen molar-refractivity contribution < 1.29 is 18.7 Å². The van der Waals surface area contributed by atoms with Gasteiger partial charge in [-0.15, -0.1) is 0 Å². The van der Waals surface area contributed by atoms with Gasteiger partial charge in [-0.25, -0.2) is 0 Å². The Morgan fingerprint density at radius 1 is 0.886 bits per heavy atom. The van der Waals surface area contributed by atoms with Gasteiger partial charge in [-0.1, -0.05) is 48.5 Å². The van der Waals surface area contributed by atoms with Gasteiger partial charge in [0.2, 0.25) is 5.91 Å². The number of hydrogen-bond acceptors (Lipinski definition) is 4. The summed E-state index contributed by atoms with van der Waals surface area (Å²) in [4.78, 5) is 12.9. The molecule has 0 atom stereocenters. The molecule has 0 bridgehead atoms. The maximum Gasteiger partial charge on any atom is 0.248 e. The van der Waals surface area contributed by atoms with Gasteiger partial charge in [0.1, 0.15) is 17.1 Å². The molecule has 174 valence electrons. The van der Waals surface area contributed by atoms with E-state index in [1.165, 1.54) is 0 Å². The number of carbonyl (C=O) groups is 1. The lowest BCUT2D eigenvalue weighted by Crippen LogP contribution is -2.09. The third-order valence-corrected chi connectivity index (χ3v) is 6.12. The van der Waals surface area contributed by atoms with Crippen LogP contribution >= 0.6 is 0 Å². The van der Waals surface area contributed by atoms with E-state index in [4.69, 9.17) is 13.9 Å². The number of rotatable bonds is 6. The predicted molar refractivity (Wildman–Crippen MR) is 141 cm³/mol. The van der Waals surface area contributed by atoms with Gasteiger partial charge in [-0.3, -0.25) is 4.79 Å². The topological polar surface area (TPSA) is 60.7 Å². The molecule has 1 N–H and O–H groups in total. The molecule has 0 fully saturated rings. The van der Waals surface area contributed by atoms with Gasteiger partial charge in [0, 0.05) is 39.7 Å². The molecule has 0 aliphatic carbocycles. The number of carbonyl (C=O) groups excluding carboxylic acids is 1. The normalized spacial score (nSPS) is 11.6. The minimum absolute atomic E-state index is 0.205. The molecule has 4 aromatic carbocycles. The van der Waals surface area contributed by atoms with E-state index in [9.17, 15) is 4.79 Å². The van der Waals surface area contributed by atoms with E-state index in [0.29, 0.717) is 11.3 Å². The summed E-state index contributed by atoms with van der Waals surface area (Å²) in [5.74, 6) is 1.23. The Bertz CT molecular complexity index is 1560. The number of allylic oxidation sites excluding steroid dienone is 1. The molecule has 0 saturated carbocycles. The molecule has 1 aromatic heterocycles.